The van der Waals surface area contributed by atoms with Gasteiger partial charge in [0, 0.05) is 38.4 Å². The molecule has 0 bridgehead atoms. The topological polar surface area (TPSA) is 96.4 Å². The lowest BCUT2D eigenvalue weighted by Crippen LogP contribution is -2.07. The molecule has 0 aliphatic rings. The fourth-order valence-electron chi connectivity index (χ4n) is 2.95. The number of hydrazone groups is 1. The quantitative estimate of drug-likeness (QED) is 0.151. The van der Waals surface area contributed by atoms with Crippen LogP contribution < -0.4 is 20.8 Å². The van der Waals surface area contributed by atoms with E-state index in [1.807, 2.05) is 54.6 Å². The maximum absolute atomic E-state index is 6.26. The summed E-state index contributed by atoms with van der Waals surface area (Å²) < 4.78 is 6.87. The first-order valence-corrected chi connectivity index (χ1v) is 12.0. The Labute approximate surface area is 220 Å². The van der Waals surface area contributed by atoms with Crippen molar-refractivity contribution >= 4 is 68.9 Å². The average Bonchev–Trinajstić information content (AvgIpc) is 2.85. The summed E-state index contributed by atoms with van der Waals surface area (Å²) in [6.45, 7) is 0.277. The number of hydrogen-bond acceptors (Lipinski definition) is 8. The Morgan fingerprint density at radius 3 is 2.49 bits per heavy atom. The molecule has 178 valence electrons. The van der Waals surface area contributed by atoms with Crippen molar-refractivity contribution in [2.45, 2.75) is 6.61 Å². The molecular weight excluding hydrogens is 553 g/mol. The van der Waals surface area contributed by atoms with Gasteiger partial charge in [-0.25, -0.2) is 5.43 Å². The molecule has 0 fully saturated rings. The molecule has 0 saturated carbocycles. The predicted molar refractivity (Wildman–Crippen MR) is 145 cm³/mol. The number of aromatic nitrogens is 3. The van der Waals surface area contributed by atoms with Crippen LogP contribution >= 0.6 is 39.1 Å². The molecule has 1 heterocycles. The van der Waals surface area contributed by atoms with Gasteiger partial charge in [-0.3, -0.25) is 0 Å². The monoisotopic (exact) mass is 571 g/mol. The number of benzene rings is 3. The zero-order valence-corrected chi connectivity index (χ0v) is 21.6. The van der Waals surface area contributed by atoms with Crippen molar-refractivity contribution in [3.8, 4) is 5.75 Å². The molecule has 0 spiro atoms. The second-order valence-electron chi connectivity index (χ2n) is 7.12. The summed E-state index contributed by atoms with van der Waals surface area (Å²) in [7, 11) is 1.73. The van der Waals surface area contributed by atoms with E-state index < -0.39 is 0 Å². The van der Waals surface area contributed by atoms with Crippen LogP contribution in [0.15, 0.2) is 76.3 Å². The maximum atomic E-state index is 6.26. The van der Waals surface area contributed by atoms with Crippen molar-refractivity contribution < 1.29 is 4.74 Å². The molecule has 3 aromatic carbocycles. The van der Waals surface area contributed by atoms with Crippen LogP contribution in [-0.4, -0.2) is 28.2 Å². The minimum Gasteiger partial charge on any atom is -0.488 e. The van der Waals surface area contributed by atoms with Crippen molar-refractivity contribution in [1.82, 2.24) is 15.0 Å². The van der Waals surface area contributed by atoms with Crippen LogP contribution in [0.5, 0.6) is 5.75 Å². The van der Waals surface area contributed by atoms with Crippen LogP contribution in [0.25, 0.3) is 0 Å². The van der Waals surface area contributed by atoms with Crippen molar-refractivity contribution in [3.05, 3.63) is 92.4 Å². The number of anilines is 4. The fourth-order valence-corrected chi connectivity index (χ4v) is 3.79. The summed E-state index contributed by atoms with van der Waals surface area (Å²) in [4.78, 5) is 13.0. The van der Waals surface area contributed by atoms with Crippen LogP contribution in [-0.2, 0) is 6.61 Å². The number of hydrogen-bond donors (Lipinski definition) is 3. The first-order chi connectivity index (χ1) is 17.0. The molecule has 4 aromatic rings. The van der Waals surface area contributed by atoms with Gasteiger partial charge >= 0.3 is 0 Å². The van der Waals surface area contributed by atoms with E-state index in [0.29, 0.717) is 27.7 Å². The minimum absolute atomic E-state index is 0.268. The van der Waals surface area contributed by atoms with E-state index in [-0.39, 0.29) is 12.6 Å². The van der Waals surface area contributed by atoms with Crippen LogP contribution in [0.4, 0.5) is 23.5 Å². The van der Waals surface area contributed by atoms with E-state index >= 15 is 0 Å². The van der Waals surface area contributed by atoms with E-state index in [9.17, 15) is 0 Å². The standard InChI is InChI=1S/C24H20BrCl2N7O/c1-28-22-31-23(30-19-5-3-2-4-6-19)33-24(32-22)34-29-13-16-11-17(25)8-10-21(16)35-14-15-7-9-18(26)12-20(15)27/h2-13H,14H2,1H3,(H3,28,30,31,32,33,34)/b29-13-. The van der Waals surface area contributed by atoms with E-state index in [4.69, 9.17) is 27.9 Å². The Balaban J connectivity index is 1.49. The van der Waals surface area contributed by atoms with Crippen molar-refractivity contribution in [2.24, 2.45) is 5.10 Å². The number of ether oxygens (including phenoxy) is 1. The number of nitrogens with zero attached hydrogens (tertiary/aromatic N) is 4. The van der Waals surface area contributed by atoms with Gasteiger partial charge in [0.15, 0.2) is 0 Å². The number of rotatable bonds is 9. The zero-order chi connectivity index (χ0) is 24.6. The summed E-state index contributed by atoms with van der Waals surface area (Å²) in [5.74, 6) is 1.66. The molecule has 1 aromatic heterocycles. The Hall–Kier alpha value is -3.40. The molecule has 0 aliphatic carbocycles. The summed E-state index contributed by atoms with van der Waals surface area (Å²) >= 11 is 15.7. The first kappa shape index (κ1) is 24.7. The second-order valence-corrected chi connectivity index (χ2v) is 8.88. The Morgan fingerprint density at radius 2 is 1.71 bits per heavy atom. The molecule has 3 N–H and O–H groups in total. The number of nitrogens with one attached hydrogen (secondary N) is 3. The highest BCUT2D eigenvalue weighted by Gasteiger charge is 2.08. The number of para-hydroxylation sites is 1. The summed E-state index contributed by atoms with van der Waals surface area (Å²) in [6.07, 6.45) is 1.62. The first-order valence-electron chi connectivity index (χ1n) is 10.4. The Morgan fingerprint density at radius 1 is 0.943 bits per heavy atom. The van der Waals surface area contributed by atoms with Crippen LogP contribution in [0.1, 0.15) is 11.1 Å². The number of halogens is 3. The van der Waals surface area contributed by atoms with Crippen LogP contribution in [0.3, 0.4) is 0 Å². The molecule has 0 unspecified atom stereocenters. The van der Waals surface area contributed by atoms with E-state index in [0.717, 1.165) is 21.3 Å². The molecule has 0 radical (unpaired) electrons. The third-order valence-corrected chi connectivity index (χ3v) is 5.71. The third-order valence-electron chi connectivity index (χ3n) is 4.63. The summed E-state index contributed by atoms with van der Waals surface area (Å²) in [5, 5.41) is 11.5. The molecule has 4 rings (SSSR count). The SMILES string of the molecule is CNc1nc(N/N=C\c2cc(Br)ccc2OCc2ccc(Cl)cc2Cl)nc(Nc2ccccc2)n1. The molecule has 35 heavy (non-hydrogen) atoms. The van der Waals surface area contributed by atoms with Gasteiger partial charge in [-0.05, 0) is 42.5 Å². The molecule has 0 aliphatic heterocycles. The summed E-state index contributed by atoms with van der Waals surface area (Å²) in [5.41, 5.74) is 5.26. The molecule has 0 amide bonds. The van der Waals surface area contributed by atoms with Gasteiger partial charge in [0.05, 0.1) is 6.21 Å². The largest absolute Gasteiger partial charge is 0.488 e. The third kappa shape index (κ3) is 7.05. The van der Waals surface area contributed by atoms with Crippen LogP contribution in [0.2, 0.25) is 10.0 Å². The highest BCUT2D eigenvalue weighted by molar-refractivity contribution is 9.10. The van der Waals surface area contributed by atoms with Gasteiger partial charge in [-0.15, -0.1) is 0 Å². The lowest BCUT2D eigenvalue weighted by molar-refractivity contribution is 0.306. The van der Waals surface area contributed by atoms with Crippen molar-refractivity contribution in [3.63, 3.8) is 0 Å². The highest BCUT2D eigenvalue weighted by atomic mass is 79.9. The Bertz CT molecular complexity index is 1340. The van der Waals surface area contributed by atoms with Crippen LogP contribution in [0, 0.1) is 0 Å². The average molecular weight is 573 g/mol. The van der Waals surface area contributed by atoms with Gasteiger partial charge in [0.1, 0.15) is 12.4 Å². The molecule has 8 nitrogen and oxygen atoms in total. The fraction of sp³-hybridized carbons (Fsp3) is 0.0833. The van der Waals surface area contributed by atoms with Gasteiger partial charge in [-0.1, -0.05) is 63.4 Å². The maximum Gasteiger partial charge on any atom is 0.250 e. The lowest BCUT2D eigenvalue weighted by atomic mass is 10.2. The second kappa shape index (κ2) is 11.8. The molecular formula is C24H20BrCl2N7O. The zero-order valence-electron chi connectivity index (χ0n) is 18.5. The van der Waals surface area contributed by atoms with E-state index in [2.05, 4.69) is 52.0 Å². The lowest BCUT2D eigenvalue weighted by Gasteiger charge is -2.11. The van der Waals surface area contributed by atoms with E-state index in [1.54, 1.807) is 25.4 Å². The van der Waals surface area contributed by atoms with Crippen molar-refractivity contribution in [1.29, 1.82) is 0 Å². The molecule has 0 saturated heterocycles. The highest BCUT2D eigenvalue weighted by Crippen LogP contribution is 2.26. The van der Waals surface area contributed by atoms with Gasteiger partial charge in [0.25, 0.3) is 0 Å². The summed E-state index contributed by atoms with van der Waals surface area (Å²) in [6, 6.07) is 20.5. The van der Waals surface area contributed by atoms with Gasteiger partial charge in [-0.2, -0.15) is 20.1 Å². The Kier molecular flexibility index (Phi) is 8.36. The van der Waals surface area contributed by atoms with E-state index in [1.165, 1.54) is 0 Å². The van der Waals surface area contributed by atoms with Gasteiger partial charge in [0.2, 0.25) is 17.8 Å². The smallest absolute Gasteiger partial charge is 0.250 e. The molecule has 0 atom stereocenters. The normalized spacial score (nSPS) is 10.9. The molecule has 11 heteroatoms. The minimum atomic E-state index is 0.268. The van der Waals surface area contributed by atoms with Gasteiger partial charge < -0.3 is 15.4 Å². The van der Waals surface area contributed by atoms with Crippen molar-refractivity contribution in [2.75, 3.05) is 23.1 Å². The predicted octanol–water partition coefficient (Wildman–Crippen LogP) is 6.75.